The zero-order valence-electron chi connectivity index (χ0n) is 12.1. The lowest BCUT2D eigenvalue weighted by Gasteiger charge is -2.01. The van der Waals surface area contributed by atoms with E-state index in [9.17, 15) is 4.79 Å². The summed E-state index contributed by atoms with van der Waals surface area (Å²) in [5.41, 5.74) is 1.35. The normalized spacial score (nSPS) is 10.7. The van der Waals surface area contributed by atoms with Crippen LogP contribution in [0.25, 0.3) is 0 Å². The van der Waals surface area contributed by atoms with Crippen molar-refractivity contribution in [2.75, 3.05) is 5.32 Å². The molecular formula is C14H12ClIN6O. The minimum atomic E-state index is -0.337. The molecule has 0 saturated heterocycles. The lowest BCUT2D eigenvalue weighted by molar-refractivity contribution is 0.102. The monoisotopic (exact) mass is 442 g/mol. The summed E-state index contributed by atoms with van der Waals surface area (Å²) in [5.74, 6) is -0.103. The molecule has 0 bridgehead atoms. The molecular weight excluding hydrogens is 431 g/mol. The predicted molar refractivity (Wildman–Crippen MR) is 94.5 cm³/mol. The lowest BCUT2D eigenvalue weighted by atomic mass is 10.2. The molecule has 1 aromatic carbocycles. The number of carbonyl (C=O) groups is 1. The van der Waals surface area contributed by atoms with Crippen LogP contribution in [-0.4, -0.2) is 30.5 Å². The largest absolute Gasteiger partial charge is 0.288 e. The minimum absolute atomic E-state index is 0.235. The Balaban J connectivity index is 1.70. The highest BCUT2D eigenvalue weighted by Gasteiger charge is 2.16. The number of rotatable bonds is 4. The first-order chi connectivity index (χ1) is 11.0. The van der Waals surface area contributed by atoms with E-state index in [0.29, 0.717) is 17.3 Å². The zero-order valence-corrected chi connectivity index (χ0v) is 15.0. The molecule has 0 aliphatic rings. The van der Waals surface area contributed by atoms with Crippen LogP contribution in [0.3, 0.4) is 0 Å². The van der Waals surface area contributed by atoms with Crippen LogP contribution in [-0.2, 0) is 13.6 Å². The Labute approximate surface area is 150 Å². The second kappa shape index (κ2) is 6.67. The van der Waals surface area contributed by atoms with E-state index in [1.165, 1.54) is 0 Å². The number of aromatic nitrogens is 5. The molecule has 2 heterocycles. The van der Waals surface area contributed by atoms with Crippen molar-refractivity contribution < 1.29 is 4.79 Å². The van der Waals surface area contributed by atoms with Crippen LogP contribution >= 0.6 is 34.2 Å². The van der Waals surface area contributed by atoms with Crippen molar-refractivity contribution in [3.05, 3.63) is 56.6 Å². The maximum Gasteiger partial charge on any atom is 0.279 e. The predicted octanol–water partition coefficient (Wildman–Crippen LogP) is 2.57. The van der Waals surface area contributed by atoms with Gasteiger partial charge in [0, 0.05) is 18.3 Å². The fourth-order valence-corrected chi connectivity index (χ4v) is 2.99. The highest BCUT2D eigenvalue weighted by Crippen LogP contribution is 2.13. The molecule has 0 saturated carbocycles. The van der Waals surface area contributed by atoms with E-state index in [1.807, 2.05) is 24.3 Å². The molecule has 0 atom stereocenters. The molecule has 0 fully saturated rings. The van der Waals surface area contributed by atoms with Crippen molar-refractivity contribution in [1.29, 1.82) is 0 Å². The summed E-state index contributed by atoms with van der Waals surface area (Å²) >= 11 is 8.02. The quantitative estimate of drug-likeness (QED) is 0.630. The smallest absolute Gasteiger partial charge is 0.279 e. The molecule has 0 aliphatic heterocycles. The van der Waals surface area contributed by atoms with Gasteiger partial charge in [-0.2, -0.15) is 5.10 Å². The number of halogens is 2. The van der Waals surface area contributed by atoms with Crippen LogP contribution < -0.4 is 5.32 Å². The number of carbonyl (C=O) groups excluding carboxylic acids is 1. The standard InChI is InChI=1S/C14H12ClIN6O/c1-21-7-11(16)12(19-21)13(23)18-14-17-8-22(20-14)6-9-3-2-4-10(15)5-9/h2-5,7-8H,6H2,1H3,(H,18,20,23). The highest BCUT2D eigenvalue weighted by atomic mass is 127. The van der Waals surface area contributed by atoms with Crippen molar-refractivity contribution in [1.82, 2.24) is 24.5 Å². The number of hydrogen-bond acceptors (Lipinski definition) is 4. The summed E-state index contributed by atoms with van der Waals surface area (Å²) < 4.78 is 3.98. The molecule has 9 heteroatoms. The van der Waals surface area contributed by atoms with Gasteiger partial charge >= 0.3 is 0 Å². The summed E-state index contributed by atoms with van der Waals surface area (Å²) in [6, 6.07) is 7.49. The third kappa shape index (κ3) is 3.88. The SMILES string of the molecule is Cn1cc(I)c(C(=O)Nc2ncn(Cc3cccc(Cl)c3)n2)n1. The van der Waals surface area contributed by atoms with Gasteiger partial charge in [-0.15, -0.1) is 5.10 Å². The number of nitrogens with zero attached hydrogens (tertiary/aromatic N) is 5. The second-order valence-electron chi connectivity index (χ2n) is 4.85. The number of hydrogen-bond donors (Lipinski definition) is 1. The molecule has 0 radical (unpaired) electrons. The number of aryl methyl sites for hydroxylation is 1. The maximum absolute atomic E-state index is 12.2. The van der Waals surface area contributed by atoms with Gasteiger partial charge < -0.3 is 0 Å². The van der Waals surface area contributed by atoms with Crippen molar-refractivity contribution in [3.8, 4) is 0 Å². The average Bonchev–Trinajstić information content (AvgIpc) is 3.05. The van der Waals surface area contributed by atoms with Crippen molar-refractivity contribution in [2.24, 2.45) is 7.05 Å². The molecule has 1 amide bonds. The van der Waals surface area contributed by atoms with E-state index in [2.05, 4.69) is 43.1 Å². The number of anilines is 1. The van der Waals surface area contributed by atoms with Crippen molar-refractivity contribution in [3.63, 3.8) is 0 Å². The van der Waals surface area contributed by atoms with Crippen LogP contribution in [0.1, 0.15) is 16.1 Å². The Kier molecular flexibility index (Phi) is 4.62. The maximum atomic E-state index is 12.2. The fourth-order valence-electron chi connectivity index (χ4n) is 2.02. The topological polar surface area (TPSA) is 77.6 Å². The van der Waals surface area contributed by atoms with E-state index < -0.39 is 0 Å². The van der Waals surface area contributed by atoms with Gasteiger partial charge in [0.2, 0.25) is 5.95 Å². The summed E-state index contributed by atoms with van der Waals surface area (Å²) in [6.45, 7) is 0.518. The second-order valence-corrected chi connectivity index (χ2v) is 6.45. The third-order valence-corrected chi connectivity index (χ3v) is 4.02. The summed E-state index contributed by atoms with van der Waals surface area (Å²) in [6.07, 6.45) is 3.32. The van der Waals surface area contributed by atoms with Crippen LogP contribution in [0.5, 0.6) is 0 Å². The Bertz CT molecular complexity index is 859. The van der Waals surface area contributed by atoms with Crippen molar-refractivity contribution >= 4 is 46.0 Å². The third-order valence-electron chi connectivity index (χ3n) is 2.99. The van der Waals surface area contributed by atoms with Crippen LogP contribution in [0.2, 0.25) is 5.02 Å². The zero-order chi connectivity index (χ0) is 16.4. The first-order valence-electron chi connectivity index (χ1n) is 6.65. The molecule has 23 heavy (non-hydrogen) atoms. The first-order valence-corrected chi connectivity index (χ1v) is 8.11. The van der Waals surface area contributed by atoms with E-state index in [0.717, 1.165) is 9.13 Å². The molecule has 1 N–H and O–H groups in total. The lowest BCUT2D eigenvalue weighted by Crippen LogP contribution is -2.15. The molecule has 0 aliphatic carbocycles. The number of amides is 1. The van der Waals surface area contributed by atoms with Gasteiger partial charge in [-0.1, -0.05) is 23.7 Å². The van der Waals surface area contributed by atoms with E-state index >= 15 is 0 Å². The van der Waals surface area contributed by atoms with Crippen LogP contribution in [0, 0.1) is 3.57 Å². The van der Waals surface area contributed by atoms with Gasteiger partial charge in [0.05, 0.1) is 10.1 Å². The number of nitrogens with one attached hydrogen (secondary N) is 1. The van der Waals surface area contributed by atoms with Gasteiger partial charge in [0.15, 0.2) is 5.69 Å². The molecule has 3 rings (SSSR count). The van der Waals surface area contributed by atoms with Gasteiger partial charge in [-0.25, -0.2) is 9.67 Å². The Morgan fingerprint density at radius 2 is 2.22 bits per heavy atom. The first kappa shape index (κ1) is 15.9. The van der Waals surface area contributed by atoms with E-state index in [-0.39, 0.29) is 11.9 Å². The van der Waals surface area contributed by atoms with Crippen LogP contribution in [0.15, 0.2) is 36.8 Å². The van der Waals surface area contributed by atoms with Gasteiger partial charge in [0.1, 0.15) is 6.33 Å². The molecule has 7 nitrogen and oxygen atoms in total. The van der Waals surface area contributed by atoms with Crippen LogP contribution in [0.4, 0.5) is 5.95 Å². The van der Waals surface area contributed by atoms with Crippen molar-refractivity contribution in [2.45, 2.75) is 6.54 Å². The fraction of sp³-hybridized carbons (Fsp3) is 0.143. The number of benzene rings is 1. The molecule has 118 valence electrons. The highest BCUT2D eigenvalue weighted by molar-refractivity contribution is 14.1. The van der Waals surface area contributed by atoms with Gasteiger partial charge in [0.25, 0.3) is 5.91 Å². The minimum Gasteiger partial charge on any atom is -0.288 e. The summed E-state index contributed by atoms with van der Waals surface area (Å²) in [7, 11) is 1.76. The van der Waals surface area contributed by atoms with E-state index in [1.54, 1.807) is 28.9 Å². The Hall–Kier alpha value is -1.94. The summed E-state index contributed by atoms with van der Waals surface area (Å²) in [4.78, 5) is 16.2. The summed E-state index contributed by atoms with van der Waals surface area (Å²) in [5, 5.41) is 11.7. The molecule has 2 aromatic heterocycles. The molecule has 0 unspecified atom stereocenters. The molecule has 0 spiro atoms. The Morgan fingerprint density at radius 1 is 1.39 bits per heavy atom. The van der Waals surface area contributed by atoms with Gasteiger partial charge in [-0.05, 0) is 40.3 Å². The van der Waals surface area contributed by atoms with E-state index in [4.69, 9.17) is 11.6 Å². The van der Waals surface area contributed by atoms with Gasteiger partial charge in [-0.3, -0.25) is 14.8 Å². The molecule has 3 aromatic rings. The Morgan fingerprint density at radius 3 is 2.91 bits per heavy atom. The average molecular weight is 443 g/mol.